The molecular weight excluding hydrogens is 386 g/mol. The molecule has 0 aliphatic carbocycles. The average molecular weight is 436 g/mol. The van der Waals surface area contributed by atoms with Gasteiger partial charge in [0.2, 0.25) is 0 Å². The van der Waals surface area contributed by atoms with Crippen LogP contribution in [0.4, 0.5) is 0 Å². The van der Waals surface area contributed by atoms with Crippen molar-refractivity contribution in [1.82, 2.24) is 5.32 Å². The van der Waals surface area contributed by atoms with E-state index in [4.69, 9.17) is 17.7 Å². The van der Waals surface area contributed by atoms with Crippen LogP contribution in [0.1, 0.15) is 86.5 Å². The molecule has 0 aromatic heterocycles. The molecule has 2 unspecified atom stereocenters. The fourth-order valence-corrected chi connectivity index (χ4v) is 7.15. The topological polar surface area (TPSA) is 49.0 Å². The molecule has 0 radical (unpaired) electrons. The number of hydrogen-bond donors (Lipinski definition) is 1. The standard InChI is InChI=1S/C21H49NO4Si2/c1-7-23-27(24-8-2)20(5)16-14-12-11-13-15-18-22-19-17-21(6)28(25-9-3)26-10-4/h20-22,27-28H,7-19H2,1-6H3. The number of unbranched alkanes of at least 4 members (excludes halogenated alkanes) is 4. The van der Waals surface area contributed by atoms with E-state index in [1.54, 1.807) is 0 Å². The zero-order valence-corrected chi connectivity index (χ0v) is 21.9. The van der Waals surface area contributed by atoms with Crippen molar-refractivity contribution in [3.8, 4) is 0 Å². The molecule has 0 bridgehead atoms. The maximum atomic E-state index is 5.83. The van der Waals surface area contributed by atoms with Crippen LogP contribution in [0.25, 0.3) is 0 Å². The molecule has 0 saturated heterocycles. The summed E-state index contributed by atoms with van der Waals surface area (Å²) in [7, 11) is -2.94. The Morgan fingerprint density at radius 1 is 0.571 bits per heavy atom. The molecule has 28 heavy (non-hydrogen) atoms. The van der Waals surface area contributed by atoms with Gasteiger partial charge in [0.15, 0.2) is 0 Å². The van der Waals surface area contributed by atoms with Gasteiger partial charge >= 0.3 is 18.6 Å². The molecule has 1 N–H and O–H groups in total. The van der Waals surface area contributed by atoms with Crippen LogP contribution in [0.15, 0.2) is 0 Å². The summed E-state index contributed by atoms with van der Waals surface area (Å²) in [5.74, 6) is 0. The lowest BCUT2D eigenvalue weighted by Crippen LogP contribution is -2.30. The molecule has 7 heteroatoms. The molecule has 0 spiro atoms. The van der Waals surface area contributed by atoms with Crippen molar-refractivity contribution in [2.24, 2.45) is 0 Å². The van der Waals surface area contributed by atoms with Crippen LogP contribution < -0.4 is 5.32 Å². The van der Waals surface area contributed by atoms with E-state index >= 15 is 0 Å². The van der Waals surface area contributed by atoms with Gasteiger partial charge in [-0.2, -0.15) is 0 Å². The Morgan fingerprint density at radius 2 is 1.00 bits per heavy atom. The highest BCUT2D eigenvalue weighted by Crippen LogP contribution is 2.20. The second kappa shape index (κ2) is 20.5. The summed E-state index contributed by atoms with van der Waals surface area (Å²) in [4.78, 5) is 0. The highest BCUT2D eigenvalue weighted by atomic mass is 28.3. The normalized spacial score (nSPS) is 14.1. The Kier molecular flexibility index (Phi) is 20.7. The molecule has 0 fully saturated rings. The molecule has 170 valence electrons. The van der Waals surface area contributed by atoms with E-state index in [-0.39, 0.29) is 0 Å². The summed E-state index contributed by atoms with van der Waals surface area (Å²) >= 11 is 0. The summed E-state index contributed by atoms with van der Waals surface area (Å²) in [6.07, 6.45) is 8.97. The third kappa shape index (κ3) is 15.1. The Balaban J connectivity index is 3.59. The first-order valence-electron chi connectivity index (χ1n) is 11.8. The van der Waals surface area contributed by atoms with Gasteiger partial charge in [-0.05, 0) is 71.1 Å². The van der Waals surface area contributed by atoms with Gasteiger partial charge in [-0.3, -0.25) is 0 Å². The third-order valence-corrected chi connectivity index (χ3v) is 10.2. The lowest BCUT2D eigenvalue weighted by Gasteiger charge is -2.21. The van der Waals surface area contributed by atoms with Crippen molar-refractivity contribution < 1.29 is 17.7 Å². The summed E-state index contributed by atoms with van der Waals surface area (Å²) in [5, 5.41) is 3.59. The van der Waals surface area contributed by atoms with Gasteiger partial charge in [0.25, 0.3) is 0 Å². The molecule has 0 aliphatic heterocycles. The van der Waals surface area contributed by atoms with Crippen molar-refractivity contribution in [3.63, 3.8) is 0 Å². The van der Waals surface area contributed by atoms with Gasteiger partial charge in [-0.25, -0.2) is 0 Å². The quantitative estimate of drug-likeness (QED) is 0.210. The maximum absolute atomic E-state index is 5.83. The predicted octanol–water partition coefficient (Wildman–Crippen LogP) is 4.67. The Hall–Kier alpha value is 0.234. The molecule has 2 atom stereocenters. The molecule has 0 amide bonds. The summed E-state index contributed by atoms with van der Waals surface area (Å²) in [6.45, 7) is 18.1. The largest absolute Gasteiger partial charge is 0.397 e. The second-order valence-corrected chi connectivity index (χ2v) is 12.7. The van der Waals surface area contributed by atoms with Crippen LogP contribution in [0.2, 0.25) is 11.1 Å². The summed E-state index contributed by atoms with van der Waals surface area (Å²) < 4.78 is 23.3. The van der Waals surface area contributed by atoms with Crippen molar-refractivity contribution in [2.45, 2.75) is 97.6 Å². The fraction of sp³-hybridized carbons (Fsp3) is 1.00. The van der Waals surface area contributed by atoms with Crippen LogP contribution in [-0.4, -0.2) is 58.1 Å². The predicted molar refractivity (Wildman–Crippen MR) is 125 cm³/mol. The zero-order valence-electron chi connectivity index (χ0n) is 19.6. The lowest BCUT2D eigenvalue weighted by molar-refractivity contribution is 0.203. The van der Waals surface area contributed by atoms with Crippen molar-refractivity contribution in [3.05, 3.63) is 0 Å². The second-order valence-electron chi connectivity index (χ2n) is 7.61. The minimum absolute atomic E-state index is 0.565. The minimum atomic E-state index is -1.49. The van der Waals surface area contributed by atoms with Crippen LogP contribution in [0.3, 0.4) is 0 Å². The molecule has 5 nitrogen and oxygen atoms in total. The Bertz CT molecular complexity index is 285. The van der Waals surface area contributed by atoms with Gasteiger partial charge in [0.05, 0.1) is 0 Å². The molecular formula is C21H49NO4Si2. The smallest absolute Gasteiger partial charge is 0.324 e. The van der Waals surface area contributed by atoms with Gasteiger partial charge in [0, 0.05) is 26.4 Å². The van der Waals surface area contributed by atoms with E-state index in [2.05, 4.69) is 46.9 Å². The SMILES string of the molecule is CCO[SiH](OCC)C(C)CCCCCCCNCCC(C)[SiH](OCC)OCC. The fourth-order valence-electron chi connectivity index (χ4n) is 3.38. The molecule has 0 aromatic carbocycles. The van der Waals surface area contributed by atoms with Gasteiger partial charge < -0.3 is 23.0 Å². The van der Waals surface area contributed by atoms with E-state index in [1.165, 1.54) is 38.5 Å². The Morgan fingerprint density at radius 3 is 1.50 bits per heavy atom. The summed E-state index contributed by atoms with van der Waals surface area (Å²) in [6, 6.07) is 0. The molecule has 0 aromatic rings. The van der Waals surface area contributed by atoms with Crippen LogP contribution >= 0.6 is 0 Å². The monoisotopic (exact) mass is 435 g/mol. The Labute approximate surface area is 178 Å². The first-order chi connectivity index (χ1) is 13.6. The van der Waals surface area contributed by atoms with Crippen molar-refractivity contribution >= 4 is 18.6 Å². The van der Waals surface area contributed by atoms with E-state index in [0.29, 0.717) is 11.1 Å². The van der Waals surface area contributed by atoms with Crippen LogP contribution in [-0.2, 0) is 17.7 Å². The molecule has 0 heterocycles. The van der Waals surface area contributed by atoms with E-state index in [1.807, 2.05) is 0 Å². The maximum Gasteiger partial charge on any atom is 0.324 e. The summed E-state index contributed by atoms with van der Waals surface area (Å²) in [5.41, 5.74) is 1.18. The number of rotatable bonds is 21. The van der Waals surface area contributed by atoms with Crippen molar-refractivity contribution in [1.29, 1.82) is 0 Å². The van der Waals surface area contributed by atoms with Crippen LogP contribution in [0, 0.1) is 0 Å². The highest BCUT2D eigenvalue weighted by Gasteiger charge is 2.21. The lowest BCUT2D eigenvalue weighted by atomic mass is 10.1. The first kappa shape index (κ1) is 28.2. The van der Waals surface area contributed by atoms with Crippen LogP contribution in [0.5, 0.6) is 0 Å². The molecule has 0 aliphatic rings. The minimum Gasteiger partial charge on any atom is -0.397 e. The van der Waals surface area contributed by atoms with E-state index in [0.717, 1.165) is 45.9 Å². The highest BCUT2D eigenvalue weighted by molar-refractivity contribution is 6.46. The van der Waals surface area contributed by atoms with Gasteiger partial charge in [-0.15, -0.1) is 0 Å². The van der Waals surface area contributed by atoms with Gasteiger partial charge in [-0.1, -0.05) is 39.5 Å². The first-order valence-corrected chi connectivity index (χ1v) is 15.0. The number of hydrogen-bond acceptors (Lipinski definition) is 5. The zero-order chi connectivity index (χ0) is 21.0. The number of nitrogens with one attached hydrogen (secondary N) is 1. The van der Waals surface area contributed by atoms with Crippen molar-refractivity contribution in [2.75, 3.05) is 39.5 Å². The third-order valence-electron chi connectivity index (χ3n) is 5.04. The molecule has 0 rings (SSSR count). The van der Waals surface area contributed by atoms with E-state index < -0.39 is 18.6 Å². The average Bonchev–Trinajstić information content (AvgIpc) is 2.68. The van der Waals surface area contributed by atoms with Gasteiger partial charge in [0.1, 0.15) is 0 Å². The van der Waals surface area contributed by atoms with E-state index in [9.17, 15) is 0 Å². The molecule has 0 saturated carbocycles.